The molecule has 2 aromatic heterocycles. The van der Waals surface area contributed by atoms with Crippen molar-refractivity contribution < 1.29 is 9.59 Å². The quantitative estimate of drug-likeness (QED) is 0.667. The van der Waals surface area contributed by atoms with Crippen LogP contribution in [0.2, 0.25) is 0 Å². The number of fused-ring (bicyclic) bond motifs is 1. The molecule has 0 saturated heterocycles. The van der Waals surface area contributed by atoms with Gasteiger partial charge in [0.15, 0.2) is 0 Å². The van der Waals surface area contributed by atoms with E-state index in [0.29, 0.717) is 34.3 Å². The Morgan fingerprint density at radius 3 is 2.73 bits per heavy atom. The Balaban J connectivity index is 1.82. The summed E-state index contributed by atoms with van der Waals surface area (Å²) in [5.74, 6) is 1.15. The first-order valence-corrected chi connectivity index (χ1v) is 10.4. The molecule has 3 amide bonds. The number of aromatic amines is 1. The molecule has 26 heavy (non-hydrogen) atoms. The van der Waals surface area contributed by atoms with Crippen LogP contribution >= 0.6 is 23.1 Å². The molecule has 0 bridgehead atoms. The average molecular weight is 397 g/mol. The van der Waals surface area contributed by atoms with E-state index in [0.717, 1.165) is 16.9 Å². The van der Waals surface area contributed by atoms with Crippen LogP contribution < -0.4 is 16.2 Å². The highest BCUT2D eigenvalue weighted by Crippen LogP contribution is 2.26. The molecular weight excluding hydrogens is 372 g/mol. The minimum absolute atomic E-state index is 0.113. The number of hydrogen-bond acceptors (Lipinski definition) is 6. The average Bonchev–Trinajstić information content (AvgIpc) is 2.81. The van der Waals surface area contributed by atoms with Gasteiger partial charge < -0.3 is 10.3 Å². The van der Waals surface area contributed by atoms with Gasteiger partial charge in [-0.15, -0.1) is 23.1 Å². The van der Waals surface area contributed by atoms with Crippen molar-refractivity contribution in [3.63, 3.8) is 0 Å². The van der Waals surface area contributed by atoms with Crippen LogP contribution in [0.1, 0.15) is 36.5 Å². The zero-order valence-corrected chi connectivity index (χ0v) is 17.0. The highest BCUT2D eigenvalue weighted by atomic mass is 32.2. The van der Waals surface area contributed by atoms with Gasteiger partial charge in [0.2, 0.25) is 5.91 Å². The first-order chi connectivity index (χ1) is 12.3. The van der Waals surface area contributed by atoms with E-state index in [4.69, 9.17) is 0 Å². The number of thioether (sulfide) groups is 1. The summed E-state index contributed by atoms with van der Waals surface area (Å²) >= 11 is 2.79. The van der Waals surface area contributed by atoms with Crippen molar-refractivity contribution in [2.75, 3.05) is 12.3 Å². The Hall–Kier alpha value is -1.87. The summed E-state index contributed by atoms with van der Waals surface area (Å²) in [5, 5.41) is 5.58. The molecule has 0 spiro atoms. The van der Waals surface area contributed by atoms with Gasteiger partial charge in [0.1, 0.15) is 10.7 Å². The van der Waals surface area contributed by atoms with Gasteiger partial charge >= 0.3 is 6.03 Å². The maximum atomic E-state index is 12.2. The normalized spacial score (nSPS) is 11.1. The molecule has 2 aromatic rings. The van der Waals surface area contributed by atoms with E-state index in [-0.39, 0.29) is 17.2 Å². The number of aryl methyl sites for hydroxylation is 2. The summed E-state index contributed by atoms with van der Waals surface area (Å²) in [6, 6.07) is -0.478. The number of carbonyl (C=O) groups excluding carboxylic acids is 2. The number of nitrogens with one attached hydrogen (secondary N) is 3. The minimum Gasteiger partial charge on any atom is -0.338 e. The van der Waals surface area contributed by atoms with Crippen LogP contribution in [0.3, 0.4) is 0 Å². The van der Waals surface area contributed by atoms with E-state index in [9.17, 15) is 14.4 Å². The van der Waals surface area contributed by atoms with Gasteiger partial charge in [-0.1, -0.05) is 13.8 Å². The number of aromatic nitrogens is 2. The van der Waals surface area contributed by atoms with Gasteiger partial charge in [-0.05, 0) is 31.7 Å². The van der Waals surface area contributed by atoms with Gasteiger partial charge in [0.25, 0.3) is 5.56 Å². The lowest BCUT2D eigenvalue weighted by molar-refractivity contribution is -0.117. The maximum Gasteiger partial charge on any atom is 0.321 e. The van der Waals surface area contributed by atoms with Crippen LogP contribution in [-0.2, 0) is 10.5 Å². The lowest BCUT2D eigenvalue weighted by Gasteiger charge is -2.08. The predicted molar refractivity (Wildman–Crippen MR) is 107 cm³/mol. The van der Waals surface area contributed by atoms with Gasteiger partial charge in [-0.3, -0.25) is 14.9 Å². The summed E-state index contributed by atoms with van der Waals surface area (Å²) in [5.41, 5.74) is 0.808. The second-order valence-corrected chi connectivity index (χ2v) is 8.64. The summed E-state index contributed by atoms with van der Waals surface area (Å²) < 4.78 is 0. The van der Waals surface area contributed by atoms with Crippen LogP contribution in [0.25, 0.3) is 10.2 Å². The molecule has 142 valence electrons. The number of amides is 3. The minimum atomic E-state index is -0.478. The fourth-order valence-electron chi connectivity index (χ4n) is 2.29. The van der Waals surface area contributed by atoms with Crippen molar-refractivity contribution >= 4 is 45.3 Å². The number of hydrogen-bond donors (Lipinski definition) is 3. The van der Waals surface area contributed by atoms with Crippen molar-refractivity contribution in [2.24, 2.45) is 5.92 Å². The molecule has 3 N–H and O–H groups in total. The first-order valence-electron chi connectivity index (χ1n) is 8.42. The van der Waals surface area contributed by atoms with E-state index in [1.165, 1.54) is 23.1 Å². The molecule has 0 saturated carbocycles. The third kappa shape index (κ3) is 5.57. The van der Waals surface area contributed by atoms with E-state index in [1.807, 2.05) is 13.8 Å². The van der Waals surface area contributed by atoms with Crippen LogP contribution in [0, 0.1) is 19.8 Å². The maximum absolute atomic E-state index is 12.2. The molecule has 2 rings (SSSR count). The Morgan fingerprint density at radius 1 is 1.31 bits per heavy atom. The van der Waals surface area contributed by atoms with Crippen molar-refractivity contribution in [2.45, 2.75) is 39.9 Å². The molecule has 9 heteroatoms. The van der Waals surface area contributed by atoms with E-state index in [2.05, 4.69) is 34.4 Å². The fourth-order valence-corrected chi connectivity index (χ4v) is 4.03. The van der Waals surface area contributed by atoms with Gasteiger partial charge in [0.05, 0.1) is 16.9 Å². The number of nitrogens with zero attached hydrogens (tertiary/aromatic N) is 1. The number of H-pyrrole nitrogens is 1. The van der Waals surface area contributed by atoms with Crippen LogP contribution in [-0.4, -0.2) is 34.2 Å². The highest BCUT2D eigenvalue weighted by molar-refractivity contribution is 7.99. The van der Waals surface area contributed by atoms with Gasteiger partial charge in [0, 0.05) is 11.4 Å². The van der Waals surface area contributed by atoms with E-state index >= 15 is 0 Å². The molecule has 0 aliphatic rings. The van der Waals surface area contributed by atoms with Crippen LogP contribution in [0.15, 0.2) is 4.79 Å². The van der Waals surface area contributed by atoms with Crippen LogP contribution in [0.4, 0.5) is 4.79 Å². The zero-order chi connectivity index (χ0) is 19.3. The number of carbonyl (C=O) groups is 2. The number of imide groups is 1. The summed E-state index contributed by atoms with van der Waals surface area (Å²) in [7, 11) is 0. The van der Waals surface area contributed by atoms with E-state index < -0.39 is 6.03 Å². The molecule has 0 atom stereocenters. The molecule has 0 radical (unpaired) electrons. The lowest BCUT2D eigenvalue weighted by atomic mass is 10.1. The SMILES string of the molecule is Cc1sc2nc(CSCC(=O)NC(=O)NCCC(C)C)[nH]c(=O)c2c1C. The molecule has 0 aliphatic carbocycles. The van der Waals surface area contributed by atoms with E-state index in [1.54, 1.807) is 0 Å². The fraction of sp³-hybridized carbons (Fsp3) is 0.529. The standard InChI is InChI=1S/C17H24N4O3S2/c1-9(2)5-6-18-17(24)21-13(22)8-25-7-12-19-15(23)14-10(3)11(4)26-16(14)20-12/h9H,5-8H2,1-4H3,(H,19,20,23)(H2,18,21,22,24). The number of rotatable bonds is 7. The molecule has 0 aliphatic heterocycles. The molecule has 2 heterocycles. The monoisotopic (exact) mass is 396 g/mol. The number of thiophene rings is 1. The molecule has 0 unspecified atom stereocenters. The Morgan fingerprint density at radius 2 is 2.04 bits per heavy atom. The molecule has 0 fully saturated rings. The second-order valence-electron chi connectivity index (χ2n) is 6.46. The Bertz CT molecular complexity index is 858. The highest BCUT2D eigenvalue weighted by Gasteiger charge is 2.13. The second kappa shape index (κ2) is 9.18. The van der Waals surface area contributed by atoms with Crippen molar-refractivity contribution in [3.05, 3.63) is 26.6 Å². The smallest absolute Gasteiger partial charge is 0.321 e. The number of urea groups is 1. The summed E-state index contributed by atoms with van der Waals surface area (Å²) in [4.78, 5) is 44.6. The van der Waals surface area contributed by atoms with Crippen molar-refractivity contribution in [1.82, 2.24) is 20.6 Å². The van der Waals surface area contributed by atoms with Crippen LogP contribution in [0.5, 0.6) is 0 Å². The Kier molecular flexibility index (Phi) is 7.22. The van der Waals surface area contributed by atoms with Gasteiger partial charge in [-0.2, -0.15) is 0 Å². The van der Waals surface area contributed by atoms with Crippen molar-refractivity contribution in [1.29, 1.82) is 0 Å². The zero-order valence-electron chi connectivity index (χ0n) is 15.4. The van der Waals surface area contributed by atoms with Crippen molar-refractivity contribution in [3.8, 4) is 0 Å². The molecule has 7 nitrogen and oxygen atoms in total. The summed E-state index contributed by atoms with van der Waals surface area (Å²) in [6.07, 6.45) is 0.861. The molecule has 0 aromatic carbocycles. The third-order valence-electron chi connectivity index (χ3n) is 3.82. The Labute approximate surface area is 160 Å². The third-order valence-corrected chi connectivity index (χ3v) is 5.87. The lowest BCUT2D eigenvalue weighted by Crippen LogP contribution is -2.40. The first kappa shape index (κ1) is 20.4. The largest absolute Gasteiger partial charge is 0.338 e. The summed E-state index contributed by atoms with van der Waals surface area (Å²) in [6.45, 7) is 8.54. The molecular formula is C17H24N4O3S2. The van der Waals surface area contributed by atoms with Gasteiger partial charge in [-0.25, -0.2) is 9.78 Å². The predicted octanol–water partition coefficient (Wildman–Crippen LogP) is 2.71. The topological polar surface area (TPSA) is 104 Å².